The largest absolute Gasteiger partial charge is 0.309 e. The average Bonchev–Trinajstić information content (AvgIpc) is 2.23. The number of nitrogens with zero attached hydrogens (tertiary/aromatic N) is 2. The van der Waals surface area contributed by atoms with Crippen molar-refractivity contribution < 1.29 is 0 Å². The molecule has 0 radical (unpaired) electrons. The van der Waals surface area contributed by atoms with E-state index < -0.39 is 0 Å². The fraction of sp³-hybridized carbons (Fsp3) is 1.00. The van der Waals surface area contributed by atoms with Crippen LogP contribution in [0.1, 0.15) is 33.6 Å². The van der Waals surface area contributed by atoms with Crippen molar-refractivity contribution in [3.8, 4) is 0 Å². The second-order valence-corrected chi connectivity index (χ2v) is 5.77. The average molecular weight is 227 g/mol. The Labute approximate surface area is 101 Å². The summed E-state index contributed by atoms with van der Waals surface area (Å²) in [6.45, 7) is 11.7. The molecule has 0 aromatic heterocycles. The third-order valence-corrected chi connectivity index (χ3v) is 3.83. The Bertz CT molecular complexity index is 205. The Morgan fingerprint density at radius 2 is 2.12 bits per heavy atom. The van der Waals surface area contributed by atoms with Crippen molar-refractivity contribution >= 4 is 0 Å². The summed E-state index contributed by atoms with van der Waals surface area (Å²) in [6, 6.07) is 0.682. The lowest BCUT2D eigenvalue weighted by molar-refractivity contribution is 0.0900. The maximum Gasteiger partial charge on any atom is 0.0278 e. The van der Waals surface area contributed by atoms with Crippen LogP contribution in [0.5, 0.6) is 0 Å². The lowest BCUT2D eigenvalue weighted by Crippen LogP contribution is -2.62. The molecule has 96 valence electrons. The highest BCUT2D eigenvalue weighted by Crippen LogP contribution is 2.18. The van der Waals surface area contributed by atoms with Gasteiger partial charge in [-0.1, -0.05) is 6.92 Å². The SMILES string of the molecule is CCC1(C)CN(CCCN(C)C)C(C)CN1. The van der Waals surface area contributed by atoms with Gasteiger partial charge < -0.3 is 10.2 Å². The van der Waals surface area contributed by atoms with Crippen molar-refractivity contribution in [1.29, 1.82) is 0 Å². The van der Waals surface area contributed by atoms with Gasteiger partial charge in [0, 0.05) is 24.7 Å². The predicted octanol–water partition coefficient (Wildman–Crippen LogP) is 1.40. The number of hydrogen-bond acceptors (Lipinski definition) is 3. The summed E-state index contributed by atoms with van der Waals surface area (Å²) < 4.78 is 0. The standard InChI is InChI=1S/C13H29N3/c1-6-13(3)11-16(12(2)10-14-13)9-7-8-15(4)5/h12,14H,6-11H2,1-5H3. The van der Waals surface area contributed by atoms with Crippen LogP contribution in [0.4, 0.5) is 0 Å². The zero-order chi connectivity index (χ0) is 12.2. The van der Waals surface area contributed by atoms with Crippen LogP contribution >= 0.6 is 0 Å². The first-order valence-electron chi connectivity index (χ1n) is 6.60. The summed E-state index contributed by atoms with van der Waals surface area (Å²) in [5, 5.41) is 3.67. The molecular weight excluding hydrogens is 198 g/mol. The fourth-order valence-corrected chi connectivity index (χ4v) is 2.31. The normalized spacial score (nSPS) is 32.2. The quantitative estimate of drug-likeness (QED) is 0.766. The van der Waals surface area contributed by atoms with Crippen molar-refractivity contribution in [2.75, 3.05) is 40.3 Å². The van der Waals surface area contributed by atoms with Crippen LogP contribution in [0.25, 0.3) is 0 Å². The molecule has 1 aliphatic heterocycles. The Kier molecular flexibility index (Phi) is 5.22. The zero-order valence-corrected chi connectivity index (χ0v) is 11.7. The smallest absolute Gasteiger partial charge is 0.0278 e. The van der Waals surface area contributed by atoms with Crippen molar-refractivity contribution in [2.45, 2.75) is 45.2 Å². The van der Waals surface area contributed by atoms with Gasteiger partial charge in [0.05, 0.1) is 0 Å². The van der Waals surface area contributed by atoms with Crippen LogP contribution in [-0.2, 0) is 0 Å². The summed E-state index contributed by atoms with van der Waals surface area (Å²) in [5.74, 6) is 0. The minimum atomic E-state index is 0.324. The van der Waals surface area contributed by atoms with E-state index in [-0.39, 0.29) is 0 Å². The second-order valence-electron chi connectivity index (χ2n) is 5.77. The summed E-state index contributed by atoms with van der Waals surface area (Å²) in [4.78, 5) is 4.91. The van der Waals surface area contributed by atoms with Crippen LogP contribution in [0, 0.1) is 0 Å². The first kappa shape index (κ1) is 13.9. The number of rotatable bonds is 5. The molecule has 3 heteroatoms. The molecule has 16 heavy (non-hydrogen) atoms. The van der Waals surface area contributed by atoms with Crippen LogP contribution in [-0.4, -0.2) is 61.7 Å². The van der Waals surface area contributed by atoms with E-state index in [2.05, 4.69) is 50.0 Å². The summed E-state index contributed by atoms with van der Waals surface area (Å²) in [6.07, 6.45) is 2.49. The predicted molar refractivity (Wildman–Crippen MR) is 70.9 cm³/mol. The molecular formula is C13H29N3. The molecule has 0 bridgehead atoms. The summed E-state index contributed by atoms with van der Waals surface area (Å²) in [5.41, 5.74) is 0.324. The molecule has 1 rings (SSSR count). The van der Waals surface area contributed by atoms with E-state index in [9.17, 15) is 0 Å². The van der Waals surface area contributed by atoms with Crippen LogP contribution in [0.15, 0.2) is 0 Å². The van der Waals surface area contributed by atoms with Gasteiger partial charge in [-0.2, -0.15) is 0 Å². The first-order chi connectivity index (χ1) is 7.47. The van der Waals surface area contributed by atoms with E-state index >= 15 is 0 Å². The van der Waals surface area contributed by atoms with E-state index in [1.807, 2.05) is 0 Å². The molecule has 3 nitrogen and oxygen atoms in total. The summed E-state index contributed by atoms with van der Waals surface area (Å²) >= 11 is 0. The third-order valence-electron chi connectivity index (χ3n) is 3.83. The Hall–Kier alpha value is -0.120. The van der Waals surface area contributed by atoms with Crippen molar-refractivity contribution in [2.24, 2.45) is 0 Å². The number of hydrogen-bond donors (Lipinski definition) is 1. The van der Waals surface area contributed by atoms with Crippen LogP contribution < -0.4 is 5.32 Å². The van der Waals surface area contributed by atoms with Crippen LogP contribution in [0.2, 0.25) is 0 Å². The molecule has 1 N–H and O–H groups in total. The van der Waals surface area contributed by atoms with Gasteiger partial charge in [-0.25, -0.2) is 0 Å². The van der Waals surface area contributed by atoms with Crippen LogP contribution in [0.3, 0.4) is 0 Å². The van der Waals surface area contributed by atoms with Gasteiger partial charge in [0.25, 0.3) is 0 Å². The molecule has 0 amide bonds. The molecule has 0 saturated carbocycles. The highest BCUT2D eigenvalue weighted by Gasteiger charge is 2.31. The van der Waals surface area contributed by atoms with Gasteiger partial charge in [-0.3, -0.25) is 4.90 Å². The van der Waals surface area contributed by atoms with E-state index in [1.165, 1.54) is 32.5 Å². The fourth-order valence-electron chi connectivity index (χ4n) is 2.31. The van der Waals surface area contributed by atoms with E-state index in [0.717, 1.165) is 6.54 Å². The minimum absolute atomic E-state index is 0.324. The minimum Gasteiger partial charge on any atom is -0.309 e. The van der Waals surface area contributed by atoms with Gasteiger partial charge in [0.15, 0.2) is 0 Å². The first-order valence-corrected chi connectivity index (χ1v) is 6.60. The molecule has 0 spiro atoms. The third kappa shape index (κ3) is 4.04. The van der Waals surface area contributed by atoms with Gasteiger partial charge in [-0.05, 0) is 53.9 Å². The Balaban J connectivity index is 2.38. The molecule has 0 aliphatic carbocycles. The zero-order valence-electron chi connectivity index (χ0n) is 11.7. The second kappa shape index (κ2) is 5.99. The maximum absolute atomic E-state index is 3.67. The molecule has 1 fully saturated rings. The molecule has 2 unspecified atom stereocenters. The van der Waals surface area contributed by atoms with Crippen molar-refractivity contribution in [3.05, 3.63) is 0 Å². The molecule has 0 aromatic carbocycles. The lowest BCUT2D eigenvalue weighted by atomic mass is 9.94. The monoisotopic (exact) mass is 227 g/mol. The molecule has 2 atom stereocenters. The topological polar surface area (TPSA) is 18.5 Å². The number of nitrogens with one attached hydrogen (secondary N) is 1. The van der Waals surface area contributed by atoms with Gasteiger partial charge >= 0.3 is 0 Å². The maximum atomic E-state index is 3.67. The van der Waals surface area contributed by atoms with Crippen molar-refractivity contribution in [1.82, 2.24) is 15.1 Å². The van der Waals surface area contributed by atoms with Gasteiger partial charge in [-0.15, -0.1) is 0 Å². The van der Waals surface area contributed by atoms with E-state index in [0.29, 0.717) is 11.6 Å². The highest BCUT2D eigenvalue weighted by molar-refractivity contribution is 4.92. The van der Waals surface area contributed by atoms with E-state index in [4.69, 9.17) is 0 Å². The summed E-state index contributed by atoms with van der Waals surface area (Å²) in [7, 11) is 4.30. The van der Waals surface area contributed by atoms with Gasteiger partial charge in [0.2, 0.25) is 0 Å². The Morgan fingerprint density at radius 3 is 2.69 bits per heavy atom. The highest BCUT2D eigenvalue weighted by atomic mass is 15.2. The lowest BCUT2D eigenvalue weighted by Gasteiger charge is -2.45. The number of piperazine rings is 1. The Morgan fingerprint density at radius 1 is 1.44 bits per heavy atom. The molecule has 0 aromatic rings. The molecule has 1 saturated heterocycles. The van der Waals surface area contributed by atoms with Gasteiger partial charge in [0.1, 0.15) is 0 Å². The van der Waals surface area contributed by atoms with E-state index in [1.54, 1.807) is 0 Å². The van der Waals surface area contributed by atoms with Crippen molar-refractivity contribution in [3.63, 3.8) is 0 Å². The molecule has 1 aliphatic rings. The molecule has 1 heterocycles.